The summed E-state index contributed by atoms with van der Waals surface area (Å²) in [5, 5.41) is 9.18. The molecule has 2 aliphatic rings. The molecule has 0 bridgehead atoms. The van der Waals surface area contributed by atoms with Crippen LogP contribution in [0.15, 0.2) is 30.6 Å². The summed E-state index contributed by atoms with van der Waals surface area (Å²) in [4.78, 5) is 7.11. The first kappa shape index (κ1) is 18.3. The van der Waals surface area contributed by atoms with Crippen LogP contribution < -0.4 is 9.47 Å². The lowest BCUT2D eigenvalue weighted by atomic mass is 10.1. The summed E-state index contributed by atoms with van der Waals surface area (Å²) in [5.41, 5.74) is 0.932. The Kier molecular flexibility index (Phi) is 5.33. The van der Waals surface area contributed by atoms with Gasteiger partial charge in [-0.3, -0.25) is 4.90 Å². The number of fused-ring (bicyclic) bond motifs is 1. The Bertz CT molecular complexity index is 778. The van der Waals surface area contributed by atoms with E-state index in [4.69, 9.17) is 14.2 Å². The number of methoxy groups -OCH3 is 2. The van der Waals surface area contributed by atoms with Crippen LogP contribution in [0.5, 0.6) is 11.5 Å². The Morgan fingerprint density at radius 3 is 2.89 bits per heavy atom. The van der Waals surface area contributed by atoms with Crippen LogP contribution in [-0.2, 0) is 4.74 Å². The first-order valence-electron chi connectivity index (χ1n) is 9.45. The van der Waals surface area contributed by atoms with Crippen LogP contribution in [0, 0.1) is 0 Å². The fraction of sp³-hybridized carbons (Fsp3) is 0.550. The number of hydrogen-bond donors (Lipinski definition) is 1. The van der Waals surface area contributed by atoms with E-state index in [0.717, 1.165) is 37.5 Å². The van der Waals surface area contributed by atoms with Crippen molar-refractivity contribution in [2.24, 2.45) is 0 Å². The summed E-state index contributed by atoms with van der Waals surface area (Å²) in [7, 11) is 3.30. The van der Waals surface area contributed by atoms with Crippen LogP contribution in [0.4, 0.5) is 0 Å². The van der Waals surface area contributed by atoms with Crippen molar-refractivity contribution in [2.45, 2.75) is 31.0 Å². The third-order valence-corrected chi connectivity index (χ3v) is 5.63. The molecule has 2 fully saturated rings. The third-order valence-electron chi connectivity index (χ3n) is 5.63. The molecule has 2 saturated heterocycles. The normalized spacial score (nSPS) is 25.4. The predicted octanol–water partition coefficient (Wildman–Crippen LogP) is 1.96. The van der Waals surface area contributed by atoms with Crippen LogP contribution in [0.25, 0.3) is 11.4 Å². The molecule has 4 rings (SSSR count). The molecule has 0 unspecified atom stereocenters. The van der Waals surface area contributed by atoms with Gasteiger partial charge >= 0.3 is 0 Å². The Morgan fingerprint density at radius 1 is 1.22 bits per heavy atom. The number of imidazole rings is 1. The Labute approximate surface area is 159 Å². The van der Waals surface area contributed by atoms with Gasteiger partial charge < -0.3 is 23.9 Å². The summed E-state index contributed by atoms with van der Waals surface area (Å²) in [6, 6.07) is 6.63. The van der Waals surface area contributed by atoms with E-state index in [-0.39, 0.29) is 12.7 Å². The van der Waals surface area contributed by atoms with Crippen LogP contribution in [-0.4, -0.2) is 72.2 Å². The van der Waals surface area contributed by atoms with Gasteiger partial charge in [0.05, 0.1) is 32.5 Å². The molecule has 1 aromatic carbocycles. The molecule has 1 N–H and O–H groups in total. The number of aliphatic hydroxyl groups excluding tert-OH is 1. The average molecular weight is 373 g/mol. The van der Waals surface area contributed by atoms with E-state index >= 15 is 0 Å². The molecule has 2 aliphatic heterocycles. The molecule has 1 aromatic heterocycles. The first-order chi connectivity index (χ1) is 13.2. The summed E-state index contributed by atoms with van der Waals surface area (Å²) in [6.45, 7) is 2.75. The van der Waals surface area contributed by atoms with Gasteiger partial charge in [-0.25, -0.2) is 4.98 Å². The molecule has 3 heterocycles. The summed E-state index contributed by atoms with van der Waals surface area (Å²) in [6.07, 6.45) is 5.75. The van der Waals surface area contributed by atoms with Crippen molar-refractivity contribution >= 4 is 0 Å². The highest BCUT2D eigenvalue weighted by Gasteiger charge is 2.38. The number of nitrogens with zero attached hydrogens (tertiary/aromatic N) is 3. The van der Waals surface area contributed by atoms with Crippen molar-refractivity contribution in [1.82, 2.24) is 14.5 Å². The van der Waals surface area contributed by atoms with Crippen molar-refractivity contribution in [3.8, 4) is 22.9 Å². The maximum atomic E-state index is 9.18. The zero-order chi connectivity index (χ0) is 18.8. The molecule has 0 aliphatic carbocycles. The summed E-state index contributed by atoms with van der Waals surface area (Å²) >= 11 is 0. The zero-order valence-corrected chi connectivity index (χ0v) is 15.9. The van der Waals surface area contributed by atoms with Gasteiger partial charge in [0.15, 0.2) is 11.5 Å². The fourth-order valence-electron chi connectivity index (χ4n) is 4.32. The number of hydrogen-bond acceptors (Lipinski definition) is 6. The molecule has 7 heteroatoms. The van der Waals surface area contributed by atoms with E-state index < -0.39 is 0 Å². The van der Waals surface area contributed by atoms with E-state index in [2.05, 4.69) is 14.5 Å². The lowest BCUT2D eigenvalue weighted by molar-refractivity contribution is -0.0567. The predicted molar refractivity (Wildman–Crippen MR) is 101 cm³/mol. The van der Waals surface area contributed by atoms with E-state index in [1.807, 2.05) is 30.6 Å². The van der Waals surface area contributed by atoms with Crippen molar-refractivity contribution in [2.75, 3.05) is 40.5 Å². The minimum absolute atomic E-state index is 0.130. The largest absolute Gasteiger partial charge is 0.493 e. The standard InChI is InChI=1S/C20H27N3O4/c1-25-18-5-3-4-17(19(18)26-2)20-21-7-8-23(20)14-10-15-13-27-16(6-9-24)12-22(15)11-14/h3-5,7-8,14-16,24H,6,9-13H2,1-2H3/t14-,15+,16+/m1/s1. The van der Waals surface area contributed by atoms with Crippen molar-refractivity contribution in [1.29, 1.82) is 0 Å². The Hall–Kier alpha value is -2.09. The van der Waals surface area contributed by atoms with Gasteiger partial charge in [0.1, 0.15) is 5.82 Å². The maximum absolute atomic E-state index is 9.18. The second-order valence-electron chi connectivity index (χ2n) is 7.16. The molecule has 0 saturated carbocycles. The van der Waals surface area contributed by atoms with E-state index in [9.17, 15) is 5.11 Å². The van der Waals surface area contributed by atoms with Gasteiger partial charge in [-0.15, -0.1) is 0 Å². The summed E-state index contributed by atoms with van der Waals surface area (Å²) < 4.78 is 19.2. The van der Waals surface area contributed by atoms with Gasteiger partial charge in [-0.1, -0.05) is 6.07 Å². The van der Waals surface area contributed by atoms with Crippen LogP contribution in [0.1, 0.15) is 18.9 Å². The number of benzene rings is 1. The molecular weight excluding hydrogens is 346 g/mol. The van der Waals surface area contributed by atoms with Gasteiger partial charge in [-0.05, 0) is 25.0 Å². The Morgan fingerprint density at radius 2 is 2.11 bits per heavy atom. The molecule has 146 valence electrons. The maximum Gasteiger partial charge on any atom is 0.171 e. The molecule has 3 atom stereocenters. The Balaban J connectivity index is 1.59. The highest BCUT2D eigenvalue weighted by Crippen LogP contribution is 2.39. The van der Waals surface area contributed by atoms with Crippen molar-refractivity contribution < 1.29 is 19.3 Å². The topological polar surface area (TPSA) is 69.0 Å². The number of aromatic nitrogens is 2. The molecule has 0 radical (unpaired) electrons. The van der Waals surface area contributed by atoms with Crippen LogP contribution >= 0.6 is 0 Å². The number of aliphatic hydroxyl groups is 1. The SMILES string of the molecule is COc1cccc(-c2nccn2[C@@H]2C[C@H]3CO[C@@H](CCO)CN3C2)c1OC. The van der Waals surface area contributed by atoms with Crippen molar-refractivity contribution in [3.05, 3.63) is 30.6 Å². The molecule has 0 spiro atoms. The van der Waals surface area contributed by atoms with E-state index in [0.29, 0.717) is 30.0 Å². The van der Waals surface area contributed by atoms with E-state index in [1.165, 1.54) is 0 Å². The molecule has 27 heavy (non-hydrogen) atoms. The van der Waals surface area contributed by atoms with Gasteiger partial charge in [0.25, 0.3) is 0 Å². The zero-order valence-electron chi connectivity index (χ0n) is 15.9. The average Bonchev–Trinajstić information content (AvgIpc) is 3.33. The number of para-hydroxylation sites is 1. The van der Waals surface area contributed by atoms with Gasteiger partial charge in [0.2, 0.25) is 0 Å². The monoisotopic (exact) mass is 373 g/mol. The lowest BCUT2D eigenvalue weighted by Crippen LogP contribution is -2.46. The highest BCUT2D eigenvalue weighted by atomic mass is 16.5. The van der Waals surface area contributed by atoms with Crippen molar-refractivity contribution in [3.63, 3.8) is 0 Å². The minimum atomic E-state index is 0.130. The van der Waals surface area contributed by atoms with Gasteiger partial charge in [-0.2, -0.15) is 0 Å². The fourth-order valence-corrected chi connectivity index (χ4v) is 4.32. The number of morpholine rings is 1. The van der Waals surface area contributed by atoms with Crippen LogP contribution in [0.3, 0.4) is 0 Å². The number of rotatable bonds is 6. The smallest absolute Gasteiger partial charge is 0.171 e. The van der Waals surface area contributed by atoms with E-state index in [1.54, 1.807) is 14.2 Å². The first-order valence-corrected chi connectivity index (χ1v) is 9.45. The number of ether oxygens (including phenoxy) is 3. The second kappa shape index (κ2) is 7.88. The quantitative estimate of drug-likeness (QED) is 0.835. The second-order valence-corrected chi connectivity index (χ2v) is 7.16. The van der Waals surface area contributed by atoms with Crippen LogP contribution in [0.2, 0.25) is 0 Å². The molecule has 2 aromatic rings. The molecule has 0 amide bonds. The summed E-state index contributed by atoms with van der Waals surface area (Å²) in [5.74, 6) is 2.30. The lowest BCUT2D eigenvalue weighted by Gasteiger charge is -2.34. The molecular formula is C20H27N3O4. The third kappa shape index (κ3) is 3.42. The van der Waals surface area contributed by atoms with Gasteiger partial charge in [0, 0.05) is 44.2 Å². The highest BCUT2D eigenvalue weighted by molar-refractivity contribution is 5.69. The minimum Gasteiger partial charge on any atom is -0.493 e. The molecule has 7 nitrogen and oxygen atoms in total.